The van der Waals surface area contributed by atoms with E-state index < -0.39 is 17.9 Å². The van der Waals surface area contributed by atoms with Crippen LogP contribution in [-0.2, 0) is 23.8 Å². The third-order valence-electron chi connectivity index (χ3n) is 4.01. The van der Waals surface area contributed by atoms with Gasteiger partial charge in [0.15, 0.2) is 0 Å². The van der Waals surface area contributed by atoms with Gasteiger partial charge in [0, 0.05) is 21.2 Å². The molecule has 152 valence electrons. The summed E-state index contributed by atoms with van der Waals surface area (Å²) in [6, 6.07) is 6.75. The SMILES string of the molecule is C=C(C)C(=O)OCCOC(=O)C1=C(C)OC(N)=C(C#N)C1c1c(Cl)cccc1Cl. The molecular formula is C20H18Cl2N2O5. The second kappa shape index (κ2) is 9.50. The molecule has 0 aromatic heterocycles. The third kappa shape index (κ3) is 4.91. The van der Waals surface area contributed by atoms with Crippen LogP contribution < -0.4 is 5.73 Å². The predicted molar refractivity (Wildman–Crippen MR) is 107 cm³/mol. The van der Waals surface area contributed by atoms with Crippen molar-refractivity contribution in [2.24, 2.45) is 5.73 Å². The highest BCUT2D eigenvalue weighted by Gasteiger charge is 2.38. The van der Waals surface area contributed by atoms with Crippen molar-refractivity contribution in [2.45, 2.75) is 19.8 Å². The fraction of sp³-hybridized carbons (Fsp3) is 0.250. The molecule has 0 saturated carbocycles. The molecule has 1 aromatic carbocycles. The lowest BCUT2D eigenvalue weighted by atomic mass is 9.83. The van der Waals surface area contributed by atoms with Gasteiger partial charge in [0.1, 0.15) is 30.6 Å². The first-order valence-corrected chi connectivity index (χ1v) is 9.16. The first kappa shape index (κ1) is 22.3. The molecule has 2 N–H and O–H groups in total. The molecular weight excluding hydrogens is 419 g/mol. The van der Waals surface area contributed by atoms with Gasteiger partial charge in [-0.15, -0.1) is 0 Å². The molecule has 0 saturated heterocycles. The van der Waals surface area contributed by atoms with E-state index in [0.717, 1.165) is 0 Å². The predicted octanol–water partition coefficient (Wildman–Crippen LogP) is 3.74. The van der Waals surface area contributed by atoms with E-state index in [0.29, 0.717) is 5.56 Å². The van der Waals surface area contributed by atoms with Crippen molar-refractivity contribution in [2.75, 3.05) is 13.2 Å². The van der Waals surface area contributed by atoms with Crippen LogP contribution in [0, 0.1) is 11.3 Å². The highest BCUT2D eigenvalue weighted by molar-refractivity contribution is 6.36. The summed E-state index contributed by atoms with van der Waals surface area (Å²) in [6.45, 7) is 6.10. The van der Waals surface area contributed by atoms with Crippen LogP contribution in [-0.4, -0.2) is 25.2 Å². The number of ether oxygens (including phenoxy) is 3. The van der Waals surface area contributed by atoms with Gasteiger partial charge in [-0.1, -0.05) is 35.8 Å². The first-order valence-electron chi connectivity index (χ1n) is 8.41. The minimum absolute atomic E-state index is 0.0220. The number of hydrogen-bond donors (Lipinski definition) is 1. The van der Waals surface area contributed by atoms with Crippen LogP contribution in [0.1, 0.15) is 25.3 Å². The maximum absolute atomic E-state index is 12.8. The average molecular weight is 437 g/mol. The third-order valence-corrected chi connectivity index (χ3v) is 4.67. The van der Waals surface area contributed by atoms with Crippen LogP contribution in [0.25, 0.3) is 0 Å². The molecule has 29 heavy (non-hydrogen) atoms. The van der Waals surface area contributed by atoms with E-state index in [2.05, 4.69) is 6.58 Å². The second-order valence-corrected chi connectivity index (χ2v) is 6.90. The van der Waals surface area contributed by atoms with Crippen LogP contribution in [0.15, 0.2) is 53.1 Å². The van der Waals surface area contributed by atoms with E-state index in [1.807, 2.05) is 6.07 Å². The lowest BCUT2D eigenvalue weighted by molar-refractivity contribution is -0.147. The Bertz CT molecular complexity index is 955. The zero-order valence-corrected chi connectivity index (χ0v) is 17.3. The molecule has 1 atom stereocenters. The van der Waals surface area contributed by atoms with Gasteiger partial charge in [0.2, 0.25) is 5.88 Å². The van der Waals surface area contributed by atoms with Crippen LogP contribution in [0.4, 0.5) is 0 Å². The molecule has 9 heteroatoms. The largest absolute Gasteiger partial charge is 0.459 e. The molecule has 1 aromatic rings. The Morgan fingerprint density at radius 2 is 1.86 bits per heavy atom. The fourth-order valence-electron chi connectivity index (χ4n) is 2.69. The highest BCUT2D eigenvalue weighted by Crippen LogP contribution is 2.44. The Balaban J connectivity index is 2.34. The summed E-state index contributed by atoms with van der Waals surface area (Å²) in [4.78, 5) is 24.2. The molecule has 1 unspecified atom stereocenters. The Morgan fingerprint density at radius 3 is 2.41 bits per heavy atom. The van der Waals surface area contributed by atoms with E-state index in [1.165, 1.54) is 13.8 Å². The summed E-state index contributed by atoms with van der Waals surface area (Å²) in [5.74, 6) is -2.36. The molecule has 7 nitrogen and oxygen atoms in total. The van der Waals surface area contributed by atoms with E-state index in [1.54, 1.807) is 18.2 Å². The minimum Gasteiger partial charge on any atom is -0.459 e. The summed E-state index contributed by atoms with van der Waals surface area (Å²) in [5, 5.41) is 10.1. The van der Waals surface area contributed by atoms with Gasteiger partial charge in [-0.2, -0.15) is 5.26 Å². The van der Waals surface area contributed by atoms with E-state index in [9.17, 15) is 14.9 Å². The minimum atomic E-state index is -0.972. The summed E-state index contributed by atoms with van der Waals surface area (Å²) in [7, 11) is 0. The number of rotatable bonds is 6. The summed E-state index contributed by atoms with van der Waals surface area (Å²) < 4.78 is 15.5. The topological polar surface area (TPSA) is 112 Å². The Morgan fingerprint density at radius 1 is 1.28 bits per heavy atom. The smallest absolute Gasteiger partial charge is 0.338 e. The van der Waals surface area contributed by atoms with Gasteiger partial charge in [-0.3, -0.25) is 0 Å². The highest BCUT2D eigenvalue weighted by atomic mass is 35.5. The maximum atomic E-state index is 12.8. The maximum Gasteiger partial charge on any atom is 0.338 e. The van der Waals surface area contributed by atoms with Crippen LogP contribution >= 0.6 is 23.2 Å². The number of carbonyl (C=O) groups is 2. The zero-order chi connectivity index (χ0) is 21.7. The molecule has 2 rings (SSSR count). The van der Waals surface area contributed by atoms with Crippen LogP contribution in [0.2, 0.25) is 10.0 Å². The number of nitrogens with two attached hydrogens (primary N) is 1. The molecule has 0 amide bonds. The first-order chi connectivity index (χ1) is 13.7. The Hall–Kier alpha value is -2.95. The number of halogens is 2. The molecule has 0 spiro atoms. The van der Waals surface area contributed by atoms with E-state index in [-0.39, 0.29) is 51.6 Å². The average Bonchev–Trinajstić information content (AvgIpc) is 2.64. The van der Waals surface area contributed by atoms with Crippen LogP contribution in [0.5, 0.6) is 0 Å². The summed E-state index contributed by atoms with van der Waals surface area (Å²) in [6.07, 6.45) is 0. The Labute approximate surface area is 177 Å². The molecule has 0 radical (unpaired) electrons. The van der Waals surface area contributed by atoms with Gasteiger partial charge in [0.25, 0.3) is 0 Å². The van der Waals surface area contributed by atoms with Crippen molar-refractivity contribution in [1.29, 1.82) is 5.26 Å². The van der Waals surface area contributed by atoms with Crippen LogP contribution in [0.3, 0.4) is 0 Å². The number of nitriles is 1. The van der Waals surface area contributed by atoms with Gasteiger partial charge in [0.05, 0.1) is 11.5 Å². The van der Waals surface area contributed by atoms with E-state index in [4.69, 9.17) is 43.1 Å². The molecule has 1 aliphatic heterocycles. The molecule has 0 aliphatic carbocycles. The number of esters is 2. The molecule has 1 aliphatic rings. The Kier molecular flexibility index (Phi) is 7.32. The van der Waals surface area contributed by atoms with Gasteiger partial charge < -0.3 is 19.9 Å². The number of allylic oxidation sites excluding steroid dienone is 2. The lowest BCUT2D eigenvalue weighted by Gasteiger charge is -2.28. The number of benzene rings is 1. The molecule has 0 bridgehead atoms. The molecule has 0 fully saturated rings. The summed E-state index contributed by atoms with van der Waals surface area (Å²) >= 11 is 12.6. The van der Waals surface area contributed by atoms with Crippen molar-refractivity contribution in [3.05, 3.63) is 68.7 Å². The second-order valence-electron chi connectivity index (χ2n) is 6.08. The summed E-state index contributed by atoms with van der Waals surface area (Å²) in [5.41, 5.74) is 6.41. The van der Waals surface area contributed by atoms with Gasteiger partial charge >= 0.3 is 11.9 Å². The van der Waals surface area contributed by atoms with Crippen molar-refractivity contribution >= 4 is 35.1 Å². The standard InChI is InChI=1S/C20H18Cl2N2O5/c1-10(2)19(25)27-7-8-28-20(26)15-11(3)29-18(24)12(9-23)16(15)17-13(21)5-4-6-14(17)22/h4-6,16H,1,7-8,24H2,2-3H3. The quantitative estimate of drug-likeness (QED) is 0.410. The van der Waals surface area contributed by atoms with Crippen molar-refractivity contribution in [3.63, 3.8) is 0 Å². The normalized spacial score (nSPS) is 16.0. The van der Waals surface area contributed by atoms with Gasteiger partial charge in [-0.05, 0) is 26.0 Å². The number of hydrogen-bond acceptors (Lipinski definition) is 7. The zero-order valence-electron chi connectivity index (χ0n) is 15.8. The number of carbonyl (C=O) groups excluding carboxylic acids is 2. The monoisotopic (exact) mass is 436 g/mol. The van der Waals surface area contributed by atoms with Crippen molar-refractivity contribution in [3.8, 4) is 6.07 Å². The lowest BCUT2D eigenvalue weighted by Crippen LogP contribution is -2.26. The number of nitrogens with zero attached hydrogens (tertiary/aromatic N) is 1. The fourth-order valence-corrected chi connectivity index (χ4v) is 3.31. The van der Waals surface area contributed by atoms with Crippen molar-refractivity contribution in [1.82, 2.24) is 0 Å². The molecule has 1 heterocycles. The van der Waals surface area contributed by atoms with E-state index >= 15 is 0 Å². The van der Waals surface area contributed by atoms with Gasteiger partial charge in [-0.25, -0.2) is 9.59 Å². The van der Waals surface area contributed by atoms with Crippen molar-refractivity contribution < 1.29 is 23.8 Å².